The van der Waals surface area contributed by atoms with Gasteiger partial charge >= 0.3 is 0 Å². The van der Waals surface area contributed by atoms with Crippen LogP contribution in [0.2, 0.25) is 0 Å². The monoisotopic (exact) mass is 547 g/mol. The van der Waals surface area contributed by atoms with Crippen molar-refractivity contribution in [1.29, 1.82) is 0 Å². The Morgan fingerprint density at radius 1 is 1.16 bits per heavy atom. The van der Waals surface area contributed by atoms with Crippen LogP contribution in [0.1, 0.15) is 19.5 Å². The highest BCUT2D eigenvalue weighted by Gasteiger charge is 2.41. The van der Waals surface area contributed by atoms with E-state index in [-0.39, 0.29) is 29.6 Å². The quantitative estimate of drug-likeness (QED) is 0.579. The number of aryl methyl sites for hydroxylation is 1. The maximum atomic E-state index is 12.4. The number of nitrogen functional groups attached to an aromatic ring is 1. The van der Waals surface area contributed by atoms with Crippen molar-refractivity contribution in [3.05, 3.63) is 60.7 Å². The standard InChI is InChI=1S/C13H12FN3O.C11H16N4O2S.CH3F/c1-11(14)7-8-16-9-13(18)17(10-15-16)12-5-3-2-4-6-12;1-11(2)5-15(6-11)9-8-7(13-10(12)14-9)3-4-18(8,16)17;1-2/h2-8,10H,1,9H2;3-6H2,1-2H3,(H2,12,13,14);1H3/b8-7-;;. The number of sulfone groups is 1. The van der Waals surface area contributed by atoms with Crippen molar-refractivity contribution in [2.24, 2.45) is 10.5 Å². The molecule has 4 heterocycles. The second kappa shape index (κ2) is 11.7. The van der Waals surface area contributed by atoms with E-state index in [0.29, 0.717) is 30.0 Å². The molecule has 0 spiro atoms. The van der Waals surface area contributed by atoms with Gasteiger partial charge in [-0.1, -0.05) is 38.6 Å². The minimum atomic E-state index is -3.23. The van der Waals surface area contributed by atoms with Crippen molar-refractivity contribution >= 4 is 39.5 Å². The minimum absolute atomic E-state index is 0.0647. The highest BCUT2D eigenvalue weighted by molar-refractivity contribution is 7.91. The van der Waals surface area contributed by atoms with E-state index in [9.17, 15) is 22.0 Å². The average molecular weight is 548 g/mol. The number of fused-ring (bicyclic) bond motifs is 1. The normalized spacial score (nSPS) is 18.7. The zero-order valence-electron chi connectivity index (χ0n) is 21.5. The molecule has 1 amide bonds. The number of halogens is 2. The molecule has 0 saturated carbocycles. The molecule has 1 aromatic heterocycles. The molecular weight excluding hydrogens is 516 g/mol. The first-order valence-corrected chi connectivity index (χ1v) is 13.3. The topological polar surface area (TPSA) is 125 Å². The first-order valence-electron chi connectivity index (χ1n) is 11.7. The van der Waals surface area contributed by atoms with Crippen molar-refractivity contribution in [3.8, 4) is 0 Å². The first kappa shape index (κ1) is 28.7. The number of para-hydroxylation sites is 1. The molecule has 0 aliphatic carbocycles. The van der Waals surface area contributed by atoms with E-state index in [0.717, 1.165) is 24.9 Å². The van der Waals surface area contributed by atoms with Crippen LogP contribution in [-0.4, -0.2) is 68.2 Å². The molecule has 0 unspecified atom stereocenters. The number of alkyl halides is 1. The van der Waals surface area contributed by atoms with E-state index >= 15 is 0 Å². The molecule has 38 heavy (non-hydrogen) atoms. The molecule has 2 N–H and O–H groups in total. The van der Waals surface area contributed by atoms with Crippen molar-refractivity contribution < 1.29 is 22.0 Å². The Morgan fingerprint density at radius 2 is 1.82 bits per heavy atom. The summed E-state index contributed by atoms with van der Waals surface area (Å²) < 4.78 is 46.0. The van der Waals surface area contributed by atoms with Gasteiger partial charge in [-0.2, -0.15) is 10.1 Å². The maximum absolute atomic E-state index is 12.4. The number of benzene rings is 1. The van der Waals surface area contributed by atoms with E-state index in [1.165, 1.54) is 22.4 Å². The second-order valence-electron chi connectivity index (χ2n) is 9.46. The van der Waals surface area contributed by atoms with Crippen LogP contribution in [-0.2, 0) is 21.1 Å². The maximum Gasteiger partial charge on any atom is 0.254 e. The van der Waals surface area contributed by atoms with Gasteiger partial charge in [0.25, 0.3) is 5.91 Å². The van der Waals surface area contributed by atoms with E-state index in [1.54, 1.807) is 0 Å². The third kappa shape index (κ3) is 6.71. The molecule has 204 valence electrons. The predicted molar refractivity (Wildman–Crippen MR) is 144 cm³/mol. The summed E-state index contributed by atoms with van der Waals surface area (Å²) >= 11 is 0. The van der Waals surface area contributed by atoms with Crippen LogP contribution in [0, 0.1) is 5.41 Å². The predicted octanol–water partition coefficient (Wildman–Crippen LogP) is 3.10. The molecule has 2 aromatic rings. The molecular formula is C25H31F2N7O3S. The van der Waals surface area contributed by atoms with Crippen LogP contribution in [0.3, 0.4) is 0 Å². The summed E-state index contributed by atoms with van der Waals surface area (Å²) in [6, 6.07) is 9.19. The fourth-order valence-corrected chi connectivity index (χ4v) is 5.80. The number of anilines is 3. The van der Waals surface area contributed by atoms with E-state index in [2.05, 4.69) is 35.5 Å². The number of hydrogen-bond donors (Lipinski definition) is 1. The highest BCUT2D eigenvalue weighted by atomic mass is 32.2. The number of nitrogens with zero attached hydrogens (tertiary/aromatic N) is 6. The van der Waals surface area contributed by atoms with Crippen LogP contribution >= 0.6 is 0 Å². The number of allylic oxidation sites excluding steroid dienone is 2. The molecule has 5 rings (SSSR count). The summed E-state index contributed by atoms with van der Waals surface area (Å²) in [5, 5.41) is 5.38. The molecule has 0 bridgehead atoms. The molecule has 13 heteroatoms. The lowest BCUT2D eigenvalue weighted by Gasteiger charge is -2.46. The first-order chi connectivity index (χ1) is 17.9. The van der Waals surface area contributed by atoms with Crippen LogP contribution < -0.4 is 15.5 Å². The molecule has 1 fully saturated rings. The van der Waals surface area contributed by atoms with Crippen LogP contribution in [0.4, 0.5) is 26.2 Å². The number of hydrogen-bond acceptors (Lipinski definition) is 9. The number of hydrazone groups is 1. The number of carbonyl (C=O) groups excluding carboxylic acids is 1. The molecule has 1 saturated heterocycles. The SMILES string of the molecule is C=C(F)/C=C\N1CC(=O)N(c2ccccc2)C=N1.CC1(C)CN(c2nc(N)nc3c2S(=O)(=O)CC3)C1.CF. The molecule has 10 nitrogen and oxygen atoms in total. The van der Waals surface area contributed by atoms with Crippen LogP contribution in [0.25, 0.3) is 0 Å². The van der Waals surface area contributed by atoms with Gasteiger partial charge in [0.05, 0.1) is 18.6 Å². The molecule has 0 atom stereocenters. The number of nitrogens with two attached hydrogens (primary N) is 1. The lowest BCUT2D eigenvalue weighted by molar-refractivity contribution is -0.118. The smallest absolute Gasteiger partial charge is 0.254 e. The Kier molecular flexibility index (Phi) is 8.82. The van der Waals surface area contributed by atoms with Crippen molar-refractivity contribution in [2.45, 2.75) is 25.2 Å². The Bertz CT molecular complexity index is 1340. The zero-order valence-corrected chi connectivity index (χ0v) is 22.3. The number of rotatable bonds is 4. The fourth-order valence-electron chi connectivity index (χ4n) is 4.17. The summed E-state index contributed by atoms with van der Waals surface area (Å²) in [5.41, 5.74) is 7.19. The third-order valence-corrected chi connectivity index (χ3v) is 7.52. The second-order valence-corrected chi connectivity index (χ2v) is 11.5. The van der Waals surface area contributed by atoms with Crippen LogP contribution in [0.15, 0.2) is 65.0 Å². The fraction of sp³-hybridized carbons (Fsp3) is 0.360. The van der Waals surface area contributed by atoms with Gasteiger partial charge in [-0.25, -0.2) is 17.8 Å². The summed E-state index contributed by atoms with van der Waals surface area (Å²) in [4.78, 5) is 23.8. The van der Waals surface area contributed by atoms with Gasteiger partial charge in [-0.3, -0.25) is 19.1 Å². The number of amides is 1. The van der Waals surface area contributed by atoms with Crippen LogP contribution in [0.5, 0.6) is 0 Å². The Labute approximate surface area is 221 Å². The summed E-state index contributed by atoms with van der Waals surface area (Å²) in [6.07, 6.45) is 4.38. The van der Waals surface area contributed by atoms with Gasteiger partial charge in [0.15, 0.2) is 15.7 Å². The zero-order chi connectivity index (χ0) is 28.1. The van der Waals surface area contributed by atoms with Gasteiger partial charge in [-0.15, -0.1) is 0 Å². The highest BCUT2D eigenvalue weighted by Crippen LogP contribution is 2.39. The molecule has 3 aliphatic heterocycles. The minimum Gasteiger partial charge on any atom is -0.368 e. The number of carbonyl (C=O) groups is 1. The van der Waals surface area contributed by atoms with E-state index in [4.69, 9.17) is 5.73 Å². The summed E-state index contributed by atoms with van der Waals surface area (Å²) in [5.74, 6) is 0.0541. The van der Waals surface area contributed by atoms with Gasteiger partial charge in [0.2, 0.25) is 5.95 Å². The average Bonchev–Trinajstić information content (AvgIpc) is 3.17. The van der Waals surface area contributed by atoms with E-state index in [1.807, 2.05) is 35.2 Å². The van der Waals surface area contributed by atoms with Gasteiger partial charge < -0.3 is 10.6 Å². The Balaban J connectivity index is 0.000000198. The molecule has 3 aliphatic rings. The lowest BCUT2D eigenvalue weighted by atomic mass is 9.84. The summed E-state index contributed by atoms with van der Waals surface area (Å²) in [7, 11) is -2.73. The van der Waals surface area contributed by atoms with Crippen molar-refractivity contribution in [1.82, 2.24) is 15.0 Å². The third-order valence-electron chi connectivity index (χ3n) is 5.73. The summed E-state index contributed by atoms with van der Waals surface area (Å²) in [6.45, 7) is 9.04. The molecule has 1 aromatic carbocycles. The van der Waals surface area contributed by atoms with Gasteiger partial charge in [0.1, 0.15) is 23.6 Å². The van der Waals surface area contributed by atoms with Crippen molar-refractivity contribution in [3.63, 3.8) is 0 Å². The van der Waals surface area contributed by atoms with E-state index < -0.39 is 15.7 Å². The number of aromatic nitrogens is 2. The molecule has 0 radical (unpaired) electrons. The van der Waals surface area contributed by atoms with Gasteiger partial charge in [0, 0.05) is 31.4 Å². The van der Waals surface area contributed by atoms with Gasteiger partial charge in [-0.05, 0) is 23.6 Å². The van der Waals surface area contributed by atoms with Crippen molar-refractivity contribution in [2.75, 3.05) is 48.1 Å². The Hall–Kier alpha value is -3.87. The Morgan fingerprint density at radius 3 is 2.39 bits per heavy atom. The largest absolute Gasteiger partial charge is 0.368 e. The lowest BCUT2D eigenvalue weighted by Crippen LogP contribution is -2.53.